The third kappa shape index (κ3) is 4.76. The highest BCUT2D eigenvalue weighted by molar-refractivity contribution is 5.96. The van der Waals surface area contributed by atoms with Crippen molar-refractivity contribution in [2.45, 2.75) is 32.7 Å². The quantitative estimate of drug-likeness (QED) is 0.577. The molecule has 0 aliphatic heterocycles. The van der Waals surface area contributed by atoms with Crippen molar-refractivity contribution >= 4 is 22.7 Å². The van der Waals surface area contributed by atoms with Crippen molar-refractivity contribution in [3.63, 3.8) is 0 Å². The normalized spacial score (nSPS) is 10.8. The van der Waals surface area contributed by atoms with Crippen LogP contribution in [0, 0.1) is 6.92 Å². The fourth-order valence-corrected chi connectivity index (χ4v) is 3.20. The zero-order valence-corrected chi connectivity index (χ0v) is 16.3. The molecule has 2 aromatic carbocycles. The molecule has 1 amide bonds. The molecule has 3 aromatic rings. The van der Waals surface area contributed by atoms with Crippen molar-refractivity contribution < 1.29 is 14.3 Å². The number of ketones is 1. The average molecular weight is 379 g/mol. The largest absolute Gasteiger partial charge is 0.497 e. The van der Waals surface area contributed by atoms with Crippen LogP contribution in [0.15, 0.2) is 48.5 Å². The molecule has 0 saturated heterocycles. The molecule has 1 aromatic heterocycles. The number of para-hydroxylation sites is 2. The second-order valence-electron chi connectivity index (χ2n) is 6.65. The van der Waals surface area contributed by atoms with Gasteiger partial charge >= 0.3 is 0 Å². The highest BCUT2D eigenvalue weighted by atomic mass is 16.5. The van der Waals surface area contributed by atoms with Gasteiger partial charge in [-0.1, -0.05) is 12.1 Å². The van der Waals surface area contributed by atoms with Gasteiger partial charge in [-0.05, 0) is 49.7 Å². The van der Waals surface area contributed by atoms with E-state index in [9.17, 15) is 9.59 Å². The molecule has 0 aliphatic rings. The highest BCUT2D eigenvalue weighted by Crippen LogP contribution is 2.15. The second kappa shape index (κ2) is 9.17. The van der Waals surface area contributed by atoms with Gasteiger partial charge in [0.15, 0.2) is 5.78 Å². The van der Waals surface area contributed by atoms with Crippen LogP contribution in [0.3, 0.4) is 0 Å². The lowest BCUT2D eigenvalue weighted by Gasteiger charge is -2.09. The molecule has 0 saturated carbocycles. The maximum atomic E-state index is 12.2. The molecule has 6 nitrogen and oxygen atoms in total. The molecule has 1 N–H and O–H groups in total. The number of rotatable bonds is 9. The summed E-state index contributed by atoms with van der Waals surface area (Å²) in [5, 5.41) is 2.93. The number of imidazole rings is 1. The van der Waals surface area contributed by atoms with E-state index in [0.717, 1.165) is 22.6 Å². The monoisotopic (exact) mass is 379 g/mol. The summed E-state index contributed by atoms with van der Waals surface area (Å²) in [6, 6.07) is 15.0. The number of carbonyl (C=O) groups excluding carboxylic acids is 2. The predicted octanol–water partition coefficient (Wildman–Crippen LogP) is 3.52. The van der Waals surface area contributed by atoms with E-state index in [1.165, 1.54) is 0 Å². The number of nitrogens with one attached hydrogen (secondary N) is 1. The van der Waals surface area contributed by atoms with Crippen LogP contribution in [0.25, 0.3) is 11.0 Å². The van der Waals surface area contributed by atoms with E-state index in [4.69, 9.17) is 4.74 Å². The molecule has 0 bridgehead atoms. The molecule has 146 valence electrons. The third-order valence-electron chi connectivity index (χ3n) is 4.72. The van der Waals surface area contributed by atoms with Gasteiger partial charge in [0.25, 0.3) is 0 Å². The molecule has 0 aliphatic carbocycles. The van der Waals surface area contributed by atoms with Gasteiger partial charge in [-0.3, -0.25) is 9.59 Å². The third-order valence-corrected chi connectivity index (χ3v) is 4.72. The summed E-state index contributed by atoms with van der Waals surface area (Å²) >= 11 is 0. The molecule has 3 rings (SSSR count). The summed E-state index contributed by atoms with van der Waals surface area (Å²) in [4.78, 5) is 28.8. The summed E-state index contributed by atoms with van der Waals surface area (Å²) in [7, 11) is 1.59. The summed E-state index contributed by atoms with van der Waals surface area (Å²) < 4.78 is 7.19. The van der Waals surface area contributed by atoms with Crippen molar-refractivity contribution in [3.8, 4) is 5.75 Å². The molecule has 1 heterocycles. The van der Waals surface area contributed by atoms with Gasteiger partial charge in [0, 0.05) is 31.5 Å². The van der Waals surface area contributed by atoms with E-state index in [0.29, 0.717) is 37.9 Å². The molecule has 0 fully saturated rings. The number of aryl methyl sites for hydroxylation is 1. The van der Waals surface area contributed by atoms with Crippen LogP contribution >= 0.6 is 0 Å². The number of aromatic nitrogens is 2. The van der Waals surface area contributed by atoms with Gasteiger partial charge in [-0.15, -0.1) is 0 Å². The number of Topliss-reactive ketones (excluding diaryl/α,β-unsaturated/α-hetero) is 1. The standard InChI is InChI=1S/C22H25N3O3/c1-16-24-19-6-3-4-7-20(19)25(16)15-14-23-22(27)9-5-8-21(26)17-10-12-18(28-2)13-11-17/h3-4,6-7,10-13H,5,8-9,14-15H2,1-2H3,(H,23,27). The van der Waals surface area contributed by atoms with Gasteiger partial charge in [0.2, 0.25) is 5.91 Å². The van der Waals surface area contributed by atoms with E-state index in [1.807, 2.05) is 31.2 Å². The Kier molecular flexibility index (Phi) is 6.42. The Morgan fingerprint density at radius 2 is 1.82 bits per heavy atom. The van der Waals surface area contributed by atoms with E-state index < -0.39 is 0 Å². The van der Waals surface area contributed by atoms with Crippen LogP contribution in [0.5, 0.6) is 5.75 Å². The molecular weight excluding hydrogens is 354 g/mol. The van der Waals surface area contributed by atoms with Gasteiger partial charge in [-0.2, -0.15) is 0 Å². The number of fused-ring (bicyclic) bond motifs is 1. The number of ether oxygens (including phenoxy) is 1. The number of benzene rings is 2. The van der Waals surface area contributed by atoms with Crippen LogP contribution in [0.2, 0.25) is 0 Å². The van der Waals surface area contributed by atoms with Gasteiger partial charge < -0.3 is 14.6 Å². The Hall–Kier alpha value is -3.15. The first-order valence-corrected chi connectivity index (χ1v) is 9.44. The van der Waals surface area contributed by atoms with Crippen molar-refractivity contribution in [1.82, 2.24) is 14.9 Å². The Labute approximate surface area is 164 Å². The summed E-state index contributed by atoms with van der Waals surface area (Å²) in [5.41, 5.74) is 2.67. The minimum atomic E-state index is -0.0374. The predicted molar refractivity (Wildman–Crippen MR) is 109 cm³/mol. The maximum Gasteiger partial charge on any atom is 0.220 e. The lowest BCUT2D eigenvalue weighted by molar-refractivity contribution is -0.121. The summed E-state index contributed by atoms with van der Waals surface area (Å²) in [6.07, 6.45) is 1.22. The van der Waals surface area contributed by atoms with Crippen molar-refractivity contribution in [2.24, 2.45) is 0 Å². The van der Waals surface area contributed by atoms with Crippen LogP contribution in [0.1, 0.15) is 35.4 Å². The summed E-state index contributed by atoms with van der Waals surface area (Å²) in [5.74, 6) is 1.65. The number of carbonyl (C=O) groups is 2. The van der Waals surface area contributed by atoms with Gasteiger partial charge in [-0.25, -0.2) is 4.98 Å². The van der Waals surface area contributed by atoms with Gasteiger partial charge in [0.05, 0.1) is 18.1 Å². The van der Waals surface area contributed by atoms with Gasteiger partial charge in [0.1, 0.15) is 11.6 Å². The molecular formula is C22H25N3O3. The van der Waals surface area contributed by atoms with Crippen molar-refractivity contribution in [1.29, 1.82) is 0 Å². The van der Waals surface area contributed by atoms with Crippen molar-refractivity contribution in [3.05, 3.63) is 59.9 Å². The fraction of sp³-hybridized carbons (Fsp3) is 0.318. The Balaban J connectivity index is 1.40. The van der Waals surface area contributed by atoms with Crippen LogP contribution in [-0.4, -0.2) is 34.9 Å². The van der Waals surface area contributed by atoms with E-state index in [1.54, 1.807) is 31.4 Å². The van der Waals surface area contributed by atoms with Crippen LogP contribution < -0.4 is 10.1 Å². The van der Waals surface area contributed by atoms with Crippen LogP contribution in [-0.2, 0) is 11.3 Å². The zero-order chi connectivity index (χ0) is 19.9. The number of methoxy groups -OCH3 is 1. The minimum absolute atomic E-state index is 0.0374. The second-order valence-corrected chi connectivity index (χ2v) is 6.65. The first kappa shape index (κ1) is 19.6. The fourth-order valence-electron chi connectivity index (χ4n) is 3.20. The maximum absolute atomic E-state index is 12.2. The molecule has 0 atom stereocenters. The first-order chi connectivity index (χ1) is 13.6. The van der Waals surface area contributed by atoms with E-state index in [-0.39, 0.29) is 11.7 Å². The number of nitrogens with zero attached hydrogens (tertiary/aromatic N) is 2. The zero-order valence-electron chi connectivity index (χ0n) is 16.3. The molecule has 0 unspecified atom stereocenters. The Bertz CT molecular complexity index is 961. The minimum Gasteiger partial charge on any atom is -0.497 e. The highest BCUT2D eigenvalue weighted by Gasteiger charge is 2.09. The number of hydrogen-bond donors (Lipinski definition) is 1. The first-order valence-electron chi connectivity index (χ1n) is 9.44. The Morgan fingerprint density at radius 3 is 2.57 bits per heavy atom. The lowest BCUT2D eigenvalue weighted by Crippen LogP contribution is -2.27. The van der Waals surface area contributed by atoms with Crippen molar-refractivity contribution in [2.75, 3.05) is 13.7 Å². The molecule has 0 spiro atoms. The lowest BCUT2D eigenvalue weighted by atomic mass is 10.1. The smallest absolute Gasteiger partial charge is 0.220 e. The van der Waals surface area contributed by atoms with Crippen LogP contribution in [0.4, 0.5) is 0 Å². The topological polar surface area (TPSA) is 73.2 Å². The molecule has 28 heavy (non-hydrogen) atoms. The molecule has 0 radical (unpaired) electrons. The number of hydrogen-bond acceptors (Lipinski definition) is 4. The SMILES string of the molecule is COc1ccc(C(=O)CCCC(=O)NCCn2c(C)nc3ccccc32)cc1. The summed E-state index contributed by atoms with van der Waals surface area (Å²) in [6.45, 7) is 3.17. The van der Waals surface area contributed by atoms with E-state index in [2.05, 4.69) is 14.9 Å². The Morgan fingerprint density at radius 1 is 1.07 bits per heavy atom. The number of amides is 1. The van der Waals surface area contributed by atoms with E-state index >= 15 is 0 Å². The average Bonchev–Trinajstić information content (AvgIpc) is 3.03. The molecule has 6 heteroatoms.